The van der Waals surface area contributed by atoms with E-state index in [9.17, 15) is 4.79 Å². The van der Waals surface area contributed by atoms with Crippen LogP contribution in [0.15, 0.2) is 59.1 Å². The number of rotatable bonds is 3. The molecule has 0 bridgehead atoms. The lowest BCUT2D eigenvalue weighted by Gasteiger charge is -2.29. The second-order valence-corrected chi connectivity index (χ2v) is 7.27. The topological polar surface area (TPSA) is 46.3 Å². The molecule has 1 aliphatic rings. The van der Waals surface area contributed by atoms with Crippen LogP contribution < -0.4 is 5.73 Å². The molecule has 2 N–H and O–H groups in total. The summed E-state index contributed by atoms with van der Waals surface area (Å²) in [4.78, 5) is 14.8. The number of halogens is 2. The molecule has 0 aliphatic carbocycles. The fourth-order valence-corrected chi connectivity index (χ4v) is 3.45. The summed E-state index contributed by atoms with van der Waals surface area (Å²) < 4.78 is 0.981. The van der Waals surface area contributed by atoms with E-state index < -0.39 is 5.54 Å². The molecule has 5 heteroatoms. The van der Waals surface area contributed by atoms with E-state index in [-0.39, 0.29) is 18.3 Å². The van der Waals surface area contributed by atoms with E-state index in [0.717, 1.165) is 29.5 Å². The highest BCUT2D eigenvalue weighted by Crippen LogP contribution is 2.30. The quantitative estimate of drug-likeness (QED) is 0.831. The van der Waals surface area contributed by atoms with Crippen molar-refractivity contribution in [3.63, 3.8) is 0 Å². The molecule has 3 rings (SSSR count). The van der Waals surface area contributed by atoms with Crippen molar-refractivity contribution >= 4 is 34.2 Å². The van der Waals surface area contributed by atoms with E-state index in [0.29, 0.717) is 5.92 Å². The Labute approximate surface area is 157 Å². The zero-order chi connectivity index (χ0) is 16.4. The molecule has 2 unspecified atom stereocenters. The van der Waals surface area contributed by atoms with Gasteiger partial charge >= 0.3 is 0 Å². The molecule has 24 heavy (non-hydrogen) atoms. The first-order chi connectivity index (χ1) is 11.0. The number of likely N-dealkylation sites (tertiary alicyclic amines) is 1. The molecule has 2 aromatic carbocycles. The number of hydrogen-bond acceptors (Lipinski definition) is 2. The van der Waals surface area contributed by atoms with E-state index >= 15 is 0 Å². The number of nitrogens with two attached hydrogens (primary N) is 1. The summed E-state index contributed by atoms with van der Waals surface area (Å²) in [5.74, 6) is 0.402. The third-order valence-corrected chi connectivity index (χ3v) is 5.16. The highest BCUT2D eigenvalue weighted by molar-refractivity contribution is 9.10. The lowest BCUT2D eigenvalue weighted by Crippen LogP contribution is -2.50. The number of benzene rings is 2. The maximum atomic E-state index is 12.9. The van der Waals surface area contributed by atoms with Crippen molar-refractivity contribution in [2.75, 3.05) is 13.1 Å². The first-order valence-electron chi connectivity index (χ1n) is 7.88. The number of hydrogen-bond donors (Lipinski definition) is 1. The lowest BCUT2D eigenvalue weighted by atomic mass is 9.91. The molecule has 2 atom stereocenters. The normalized spacial score (nSPS) is 19.5. The maximum absolute atomic E-state index is 12.9. The molecule has 1 aliphatic heterocycles. The van der Waals surface area contributed by atoms with Crippen LogP contribution in [0.2, 0.25) is 0 Å². The van der Waals surface area contributed by atoms with E-state index in [1.807, 2.05) is 35.2 Å². The van der Waals surface area contributed by atoms with Gasteiger partial charge in [0.1, 0.15) is 5.54 Å². The van der Waals surface area contributed by atoms with Crippen LogP contribution in [0.5, 0.6) is 0 Å². The molecule has 2 aromatic rings. The smallest absolute Gasteiger partial charge is 0.246 e. The average molecular weight is 410 g/mol. The van der Waals surface area contributed by atoms with Crippen molar-refractivity contribution in [2.24, 2.45) is 5.73 Å². The highest BCUT2D eigenvalue weighted by atomic mass is 79.9. The molecule has 1 saturated heterocycles. The summed E-state index contributed by atoms with van der Waals surface area (Å²) in [6.45, 7) is 3.31. The van der Waals surface area contributed by atoms with Crippen LogP contribution in [0.1, 0.15) is 30.4 Å². The summed E-state index contributed by atoms with van der Waals surface area (Å²) in [6, 6.07) is 18.0. The Kier molecular flexibility index (Phi) is 6.07. The monoisotopic (exact) mass is 408 g/mol. The average Bonchev–Trinajstić information content (AvgIpc) is 3.05. The molecular formula is C19H22BrClN2O. The Balaban J connectivity index is 0.00000208. The van der Waals surface area contributed by atoms with Crippen molar-refractivity contribution in [1.29, 1.82) is 0 Å². The zero-order valence-corrected chi connectivity index (χ0v) is 16.0. The van der Waals surface area contributed by atoms with Gasteiger partial charge in [0.2, 0.25) is 5.91 Å². The molecule has 0 radical (unpaired) electrons. The predicted octanol–water partition coefficient (Wildman–Crippen LogP) is 4.06. The Morgan fingerprint density at radius 1 is 1.17 bits per heavy atom. The molecular weight excluding hydrogens is 388 g/mol. The Morgan fingerprint density at radius 3 is 2.42 bits per heavy atom. The van der Waals surface area contributed by atoms with Gasteiger partial charge in [-0.2, -0.15) is 0 Å². The zero-order valence-electron chi connectivity index (χ0n) is 13.6. The molecule has 0 aromatic heterocycles. The van der Waals surface area contributed by atoms with Gasteiger partial charge in [-0.25, -0.2) is 0 Å². The molecule has 3 nitrogen and oxygen atoms in total. The molecule has 1 fully saturated rings. The van der Waals surface area contributed by atoms with Gasteiger partial charge in [0.25, 0.3) is 0 Å². The molecule has 1 amide bonds. The van der Waals surface area contributed by atoms with E-state index in [4.69, 9.17) is 5.73 Å². The van der Waals surface area contributed by atoms with Gasteiger partial charge in [0.15, 0.2) is 0 Å². The van der Waals surface area contributed by atoms with Crippen molar-refractivity contribution in [1.82, 2.24) is 4.90 Å². The molecule has 0 spiro atoms. The van der Waals surface area contributed by atoms with E-state index in [1.54, 1.807) is 6.92 Å². The Morgan fingerprint density at radius 2 is 1.79 bits per heavy atom. The minimum Gasteiger partial charge on any atom is -0.340 e. The van der Waals surface area contributed by atoms with Gasteiger partial charge in [-0.05, 0) is 36.6 Å². The van der Waals surface area contributed by atoms with Crippen LogP contribution in [-0.4, -0.2) is 23.9 Å². The van der Waals surface area contributed by atoms with E-state index in [2.05, 4.69) is 40.2 Å². The maximum Gasteiger partial charge on any atom is 0.246 e. The number of nitrogens with zero attached hydrogens (tertiary/aromatic N) is 1. The number of amides is 1. The molecule has 1 heterocycles. The molecule has 0 saturated carbocycles. The van der Waals surface area contributed by atoms with Gasteiger partial charge in [-0.1, -0.05) is 58.4 Å². The summed E-state index contributed by atoms with van der Waals surface area (Å²) in [7, 11) is 0. The number of carbonyl (C=O) groups is 1. The second kappa shape index (κ2) is 7.68. The third-order valence-electron chi connectivity index (χ3n) is 4.63. The van der Waals surface area contributed by atoms with Crippen LogP contribution in [-0.2, 0) is 10.3 Å². The largest absolute Gasteiger partial charge is 0.340 e. The van der Waals surface area contributed by atoms with Gasteiger partial charge < -0.3 is 10.6 Å². The standard InChI is InChI=1S/C19H21BrN2O.ClH/c1-19(21,16-7-9-17(20)10-8-16)18(23)22-12-11-15(13-22)14-5-3-2-4-6-14;/h2-10,15H,11-13,21H2,1H3;1H. The van der Waals surface area contributed by atoms with Crippen LogP contribution in [0.4, 0.5) is 0 Å². The van der Waals surface area contributed by atoms with Crippen molar-refractivity contribution in [2.45, 2.75) is 24.8 Å². The van der Waals surface area contributed by atoms with E-state index in [1.165, 1.54) is 5.56 Å². The first kappa shape index (κ1) is 19.0. The SMILES string of the molecule is CC(N)(C(=O)N1CCC(c2ccccc2)C1)c1ccc(Br)cc1.Cl. The van der Waals surface area contributed by atoms with Crippen molar-refractivity contribution in [3.05, 3.63) is 70.2 Å². The summed E-state index contributed by atoms with van der Waals surface area (Å²) >= 11 is 3.41. The highest BCUT2D eigenvalue weighted by Gasteiger charge is 2.37. The van der Waals surface area contributed by atoms with Crippen molar-refractivity contribution in [3.8, 4) is 0 Å². The predicted molar refractivity (Wildman–Crippen MR) is 103 cm³/mol. The Bertz CT molecular complexity index is 688. The molecule has 128 valence electrons. The first-order valence-corrected chi connectivity index (χ1v) is 8.67. The minimum atomic E-state index is -0.994. The number of carbonyl (C=O) groups excluding carboxylic acids is 1. The van der Waals surface area contributed by atoms with Crippen molar-refractivity contribution < 1.29 is 4.79 Å². The summed E-state index contributed by atoms with van der Waals surface area (Å²) in [5.41, 5.74) is 7.53. The summed E-state index contributed by atoms with van der Waals surface area (Å²) in [5, 5.41) is 0. The summed E-state index contributed by atoms with van der Waals surface area (Å²) in [6.07, 6.45) is 0.992. The van der Waals surface area contributed by atoms with Crippen LogP contribution in [0.3, 0.4) is 0 Å². The van der Waals surface area contributed by atoms with Gasteiger partial charge in [0.05, 0.1) is 0 Å². The van der Waals surface area contributed by atoms with Gasteiger partial charge in [-0.3, -0.25) is 4.79 Å². The van der Waals surface area contributed by atoms with Gasteiger partial charge in [-0.15, -0.1) is 12.4 Å². The van der Waals surface area contributed by atoms with Gasteiger partial charge in [0, 0.05) is 23.5 Å². The third kappa shape index (κ3) is 3.82. The fourth-order valence-electron chi connectivity index (χ4n) is 3.19. The van der Waals surface area contributed by atoms with Crippen LogP contribution >= 0.6 is 28.3 Å². The second-order valence-electron chi connectivity index (χ2n) is 6.36. The lowest BCUT2D eigenvalue weighted by molar-refractivity contribution is -0.135. The fraction of sp³-hybridized carbons (Fsp3) is 0.316. The van der Waals surface area contributed by atoms with Crippen LogP contribution in [0.25, 0.3) is 0 Å². The minimum absolute atomic E-state index is 0. The van der Waals surface area contributed by atoms with Crippen LogP contribution in [0, 0.1) is 0 Å². The Hall–Kier alpha value is -1.36.